The van der Waals surface area contributed by atoms with Gasteiger partial charge >= 0.3 is 0 Å². The van der Waals surface area contributed by atoms with Crippen LogP contribution in [0.5, 0.6) is 0 Å². The van der Waals surface area contributed by atoms with Gasteiger partial charge in [0.15, 0.2) is 0 Å². The van der Waals surface area contributed by atoms with E-state index in [9.17, 15) is 9.59 Å². The van der Waals surface area contributed by atoms with Crippen LogP contribution in [0.15, 0.2) is 54.6 Å². The molecule has 0 aliphatic rings. The fourth-order valence-electron chi connectivity index (χ4n) is 2.24. The Labute approximate surface area is 161 Å². The first-order chi connectivity index (χ1) is 12.8. The van der Waals surface area contributed by atoms with Crippen LogP contribution in [-0.2, 0) is 5.41 Å². The first-order valence-corrected chi connectivity index (χ1v) is 9.26. The summed E-state index contributed by atoms with van der Waals surface area (Å²) in [6.07, 6.45) is 0. The van der Waals surface area contributed by atoms with Gasteiger partial charge in [0.25, 0.3) is 11.8 Å². The average molecular weight is 380 g/mol. The van der Waals surface area contributed by atoms with Crippen molar-refractivity contribution in [2.45, 2.75) is 26.2 Å². The number of aromatic nitrogens is 2. The molecule has 0 aliphatic heterocycles. The number of benzene rings is 2. The molecule has 0 spiro atoms. The largest absolute Gasteiger partial charge is 0.322 e. The van der Waals surface area contributed by atoms with Gasteiger partial charge < -0.3 is 5.32 Å². The number of rotatable bonds is 4. The van der Waals surface area contributed by atoms with E-state index in [0.717, 1.165) is 5.01 Å². The molecule has 2 amide bonds. The molecule has 0 bridgehead atoms. The summed E-state index contributed by atoms with van der Waals surface area (Å²) in [4.78, 5) is 24.5. The van der Waals surface area contributed by atoms with Crippen LogP contribution in [0.3, 0.4) is 0 Å². The van der Waals surface area contributed by atoms with Gasteiger partial charge in [0.05, 0.1) is 0 Å². The minimum atomic E-state index is -0.271. The van der Waals surface area contributed by atoms with Gasteiger partial charge in [-0.15, -0.1) is 10.2 Å². The Morgan fingerprint density at radius 1 is 0.815 bits per heavy atom. The first-order valence-electron chi connectivity index (χ1n) is 8.45. The summed E-state index contributed by atoms with van der Waals surface area (Å²) in [5.74, 6) is -0.469. The lowest BCUT2D eigenvalue weighted by atomic mass is 9.98. The Kier molecular flexibility index (Phi) is 5.32. The molecule has 2 N–H and O–H groups in total. The normalized spacial score (nSPS) is 11.1. The molecule has 27 heavy (non-hydrogen) atoms. The van der Waals surface area contributed by atoms with Gasteiger partial charge in [-0.05, 0) is 36.4 Å². The number of carbonyl (C=O) groups is 2. The van der Waals surface area contributed by atoms with Gasteiger partial charge in [-0.1, -0.05) is 50.3 Å². The van der Waals surface area contributed by atoms with Crippen molar-refractivity contribution < 1.29 is 9.59 Å². The van der Waals surface area contributed by atoms with Crippen LogP contribution in [0.25, 0.3) is 0 Å². The van der Waals surface area contributed by atoms with Gasteiger partial charge in [0.2, 0.25) is 5.13 Å². The van der Waals surface area contributed by atoms with Crippen LogP contribution in [0, 0.1) is 0 Å². The second-order valence-corrected chi connectivity index (χ2v) is 7.99. The maximum Gasteiger partial charge on any atom is 0.257 e. The number of hydrogen-bond acceptors (Lipinski definition) is 5. The number of hydrogen-bond donors (Lipinski definition) is 2. The predicted octanol–water partition coefficient (Wildman–Crippen LogP) is 4.34. The van der Waals surface area contributed by atoms with E-state index < -0.39 is 0 Å². The highest BCUT2D eigenvalue weighted by Crippen LogP contribution is 2.27. The summed E-state index contributed by atoms with van der Waals surface area (Å²) in [5, 5.41) is 15.0. The van der Waals surface area contributed by atoms with Crippen molar-refractivity contribution in [1.29, 1.82) is 0 Å². The first kappa shape index (κ1) is 18.7. The Morgan fingerprint density at radius 2 is 1.41 bits per heavy atom. The molecule has 0 radical (unpaired) electrons. The van der Waals surface area contributed by atoms with Gasteiger partial charge in [0, 0.05) is 22.2 Å². The van der Waals surface area contributed by atoms with E-state index in [1.54, 1.807) is 48.5 Å². The van der Waals surface area contributed by atoms with Crippen molar-refractivity contribution >= 4 is 34.0 Å². The molecule has 0 atom stereocenters. The minimum absolute atomic E-state index is 0.112. The molecule has 1 heterocycles. The highest BCUT2D eigenvalue weighted by Gasteiger charge is 2.20. The number of carbonyl (C=O) groups excluding carboxylic acids is 2. The number of anilines is 2. The lowest BCUT2D eigenvalue weighted by Gasteiger charge is -2.12. The fraction of sp³-hybridized carbons (Fsp3) is 0.200. The topological polar surface area (TPSA) is 84.0 Å². The monoisotopic (exact) mass is 380 g/mol. The number of nitrogens with one attached hydrogen (secondary N) is 2. The van der Waals surface area contributed by atoms with Crippen LogP contribution in [0.4, 0.5) is 10.8 Å². The zero-order chi connectivity index (χ0) is 19.4. The molecule has 1 aromatic heterocycles. The molecule has 0 unspecified atom stereocenters. The van der Waals surface area contributed by atoms with Crippen molar-refractivity contribution in [3.8, 4) is 0 Å². The maximum absolute atomic E-state index is 12.4. The van der Waals surface area contributed by atoms with E-state index >= 15 is 0 Å². The van der Waals surface area contributed by atoms with Gasteiger partial charge in [0.1, 0.15) is 5.01 Å². The molecule has 7 heteroatoms. The van der Waals surface area contributed by atoms with Crippen LogP contribution in [0.1, 0.15) is 46.5 Å². The lowest BCUT2D eigenvalue weighted by molar-refractivity contribution is 0.102. The van der Waals surface area contributed by atoms with E-state index in [2.05, 4.69) is 20.8 Å². The molecule has 138 valence electrons. The van der Waals surface area contributed by atoms with E-state index in [4.69, 9.17) is 0 Å². The smallest absolute Gasteiger partial charge is 0.257 e. The second kappa shape index (κ2) is 7.67. The molecular weight excluding hydrogens is 360 g/mol. The van der Waals surface area contributed by atoms with Crippen molar-refractivity contribution in [2.75, 3.05) is 10.6 Å². The van der Waals surface area contributed by atoms with Crippen LogP contribution >= 0.6 is 11.3 Å². The molecule has 0 aliphatic carbocycles. The number of amides is 2. The molecule has 6 nitrogen and oxygen atoms in total. The molecule has 0 saturated carbocycles. The Bertz CT molecular complexity index is 944. The Morgan fingerprint density at radius 3 is 2.00 bits per heavy atom. The summed E-state index contributed by atoms with van der Waals surface area (Å²) in [6, 6.07) is 15.6. The molecule has 2 aromatic carbocycles. The fourth-order valence-corrected chi connectivity index (χ4v) is 3.04. The molecule has 0 saturated heterocycles. The van der Waals surface area contributed by atoms with Crippen LogP contribution < -0.4 is 10.6 Å². The third kappa shape index (κ3) is 4.77. The van der Waals surface area contributed by atoms with Crippen LogP contribution in [-0.4, -0.2) is 22.0 Å². The highest BCUT2D eigenvalue weighted by atomic mass is 32.1. The SMILES string of the molecule is CC(C)(C)c1nnc(NC(=O)c2ccc(NC(=O)c3ccccc3)cc2)s1. The van der Waals surface area contributed by atoms with Gasteiger partial charge in [-0.3, -0.25) is 14.9 Å². The standard InChI is InChI=1S/C20H20N4O2S/c1-20(2,3)18-23-24-19(27-18)22-17(26)14-9-11-15(12-10-14)21-16(25)13-7-5-4-6-8-13/h4-12H,1-3H3,(H,21,25)(H,22,24,26). The summed E-state index contributed by atoms with van der Waals surface area (Å²) in [6.45, 7) is 6.13. The molecule has 0 fully saturated rings. The summed E-state index contributed by atoms with van der Waals surface area (Å²) >= 11 is 1.36. The van der Waals surface area contributed by atoms with E-state index in [1.807, 2.05) is 26.8 Å². The minimum Gasteiger partial charge on any atom is -0.322 e. The quantitative estimate of drug-likeness (QED) is 0.705. The van der Waals surface area contributed by atoms with E-state index in [-0.39, 0.29) is 17.2 Å². The number of nitrogens with zero attached hydrogens (tertiary/aromatic N) is 2. The van der Waals surface area contributed by atoms with Crippen molar-refractivity contribution in [1.82, 2.24) is 10.2 Å². The van der Waals surface area contributed by atoms with Gasteiger partial charge in [-0.2, -0.15) is 0 Å². The van der Waals surface area contributed by atoms with E-state index in [0.29, 0.717) is 21.9 Å². The molecule has 3 rings (SSSR count). The summed E-state index contributed by atoms with van der Waals surface area (Å²) < 4.78 is 0. The third-order valence-electron chi connectivity index (χ3n) is 3.73. The zero-order valence-electron chi connectivity index (χ0n) is 15.3. The van der Waals surface area contributed by atoms with Crippen LogP contribution in [0.2, 0.25) is 0 Å². The summed E-state index contributed by atoms with van der Waals surface area (Å²) in [7, 11) is 0. The molecule has 3 aromatic rings. The van der Waals surface area contributed by atoms with Crippen molar-refractivity contribution in [3.05, 3.63) is 70.7 Å². The average Bonchev–Trinajstić information content (AvgIpc) is 3.12. The van der Waals surface area contributed by atoms with Crippen molar-refractivity contribution in [2.24, 2.45) is 0 Å². The molecular formula is C20H20N4O2S. The zero-order valence-corrected chi connectivity index (χ0v) is 16.1. The Balaban J connectivity index is 1.63. The second-order valence-electron chi connectivity index (χ2n) is 7.01. The van der Waals surface area contributed by atoms with Crippen molar-refractivity contribution in [3.63, 3.8) is 0 Å². The van der Waals surface area contributed by atoms with E-state index in [1.165, 1.54) is 11.3 Å². The third-order valence-corrected chi connectivity index (χ3v) is 4.99. The highest BCUT2D eigenvalue weighted by molar-refractivity contribution is 7.15. The maximum atomic E-state index is 12.4. The Hall–Kier alpha value is -3.06. The van der Waals surface area contributed by atoms with Gasteiger partial charge in [-0.25, -0.2) is 0 Å². The predicted molar refractivity (Wildman–Crippen MR) is 107 cm³/mol. The summed E-state index contributed by atoms with van der Waals surface area (Å²) in [5.41, 5.74) is 1.55. The lowest BCUT2D eigenvalue weighted by Crippen LogP contribution is -2.13.